The zero-order chi connectivity index (χ0) is 21.9. The van der Waals surface area contributed by atoms with Crippen molar-refractivity contribution in [3.63, 3.8) is 0 Å². The standard InChI is InChI=1S/C22H27N3O4S/c1-5-25(6-2)30(27,28)19-10-11-20-17(13-19)14-21(24(20)3)22(26)23-15-16-8-7-9-18(12-16)29-4/h7-14H,5-6,15H2,1-4H3,(H,23,26). The van der Waals surface area contributed by atoms with E-state index in [1.54, 1.807) is 43.0 Å². The van der Waals surface area contributed by atoms with Crippen molar-refractivity contribution in [1.82, 2.24) is 14.2 Å². The molecule has 0 bridgehead atoms. The average molecular weight is 430 g/mol. The maximum Gasteiger partial charge on any atom is 0.268 e. The third-order valence-corrected chi connectivity index (χ3v) is 7.22. The predicted molar refractivity (Wildman–Crippen MR) is 117 cm³/mol. The molecule has 160 valence electrons. The number of benzene rings is 2. The number of carbonyl (C=O) groups excluding carboxylic acids is 1. The van der Waals surface area contributed by atoms with Crippen LogP contribution in [0.3, 0.4) is 0 Å². The van der Waals surface area contributed by atoms with Crippen LogP contribution < -0.4 is 10.1 Å². The Labute approximate surface area is 177 Å². The molecule has 1 N–H and O–H groups in total. The van der Waals surface area contributed by atoms with E-state index in [4.69, 9.17) is 4.74 Å². The van der Waals surface area contributed by atoms with Crippen LogP contribution in [0.5, 0.6) is 5.75 Å². The summed E-state index contributed by atoms with van der Waals surface area (Å²) in [5, 5.41) is 3.61. The van der Waals surface area contributed by atoms with Crippen molar-refractivity contribution in [3.05, 3.63) is 59.8 Å². The van der Waals surface area contributed by atoms with E-state index < -0.39 is 10.0 Å². The van der Waals surface area contributed by atoms with Crippen LogP contribution in [0.1, 0.15) is 29.9 Å². The highest BCUT2D eigenvalue weighted by Gasteiger charge is 2.23. The largest absolute Gasteiger partial charge is 0.497 e. The second kappa shape index (κ2) is 8.89. The molecule has 0 aliphatic rings. The van der Waals surface area contributed by atoms with Gasteiger partial charge in [0.1, 0.15) is 11.4 Å². The highest BCUT2D eigenvalue weighted by atomic mass is 32.2. The van der Waals surface area contributed by atoms with Crippen molar-refractivity contribution in [3.8, 4) is 5.75 Å². The SMILES string of the molecule is CCN(CC)S(=O)(=O)c1ccc2c(c1)cc(C(=O)NCc1cccc(OC)c1)n2C. The van der Waals surface area contributed by atoms with E-state index in [0.29, 0.717) is 30.7 Å². The summed E-state index contributed by atoms with van der Waals surface area (Å²) in [6.45, 7) is 4.80. The molecule has 3 rings (SSSR count). The van der Waals surface area contributed by atoms with Crippen LogP contribution in [-0.4, -0.2) is 43.4 Å². The number of amides is 1. The number of carbonyl (C=O) groups is 1. The number of fused-ring (bicyclic) bond motifs is 1. The van der Waals surface area contributed by atoms with Gasteiger partial charge in [0, 0.05) is 37.6 Å². The zero-order valence-corrected chi connectivity index (χ0v) is 18.5. The Morgan fingerprint density at radius 2 is 1.83 bits per heavy atom. The molecule has 0 radical (unpaired) electrons. The first-order chi connectivity index (χ1) is 14.3. The summed E-state index contributed by atoms with van der Waals surface area (Å²) in [7, 11) is -0.166. The fourth-order valence-electron chi connectivity index (χ4n) is 3.47. The fourth-order valence-corrected chi connectivity index (χ4v) is 4.97. The average Bonchev–Trinajstić information content (AvgIpc) is 3.09. The summed E-state index contributed by atoms with van der Waals surface area (Å²) in [4.78, 5) is 13.0. The second-order valence-electron chi connectivity index (χ2n) is 6.93. The van der Waals surface area contributed by atoms with Gasteiger partial charge in [-0.3, -0.25) is 4.79 Å². The molecule has 0 unspecified atom stereocenters. The molecule has 1 heterocycles. The van der Waals surface area contributed by atoms with Crippen LogP contribution in [-0.2, 0) is 23.6 Å². The van der Waals surface area contributed by atoms with Crippen molar-refractivity contribution >= 4 is 26.8 Å². The third-order valence-electron chi connectivity index (χ3n) is 5.18. The zero-order valence-electron chi connectivity index (χ0n) is 17.7. The van der Waals surface area contributed by atoms with E-state index in [9.17, 15) is 13.2 Å². The van der Waals surface area contributed by atoms with Crippen LogP contribution in [0.2, 0.25) is 0 Å². The van der Waals surface area contributed by atoms with E-state index in [-0.39, 0.29) is 10.8 Å². The van der Waals surface area contributed by atoms with Gasteiger partial charge in [0.05, 0.1) is 12.0 Å². The van der Waals surface area contributed by atoms with Crippen molar-refractivity contribution in [2.45, 2.75) is 25.3 Å². The quantitative estimate of drug-likeness (QED) is 0.597. The molecule has 0 saturated carbocycles. The molecule has 0 spiro atoms. The smallest absolute Gasteiger partial charge is 0.268 e. The summed E-state index contributed by atoms with van der Waals surface area (Å²) >= 11 is 0. The van der Waals surface area contributed by atoms with Gasteiger partial charge in [0.15, 0.2) is 0 Å². The number of hydrogen-bond donors (Lipinski definition) is 1. The molecular weight excluding hydrogens is 402 g/mol. The molecule has 1 amide bonds. The number of nitrogens with zero attached hydrogens (tertiary/aromatic N) is 2. The van der Waals surface area contributed by atoms with Crippen LogP contribution in [0, 0.1) is 0 Å². The van der Waals surface area contributed by atoms with Gasteiger partial charge in [0.25, 0.3) is 5.91 Å². The van der Waals surface area contributed by atoms with Gasteiger partial charge in [-0.05, 0) is 42.0 Å². The Morgan fingerprint density at radius 3 is 2.50 bits per heavy atom. The molecule has 2 aromatic carbocycles. The molecule has 0 fully saturated rings. The Balaban J connectivity index is 1.86. The van der Waals surface area contributed by atoms with Crippen LogP contribution in [0.4, 0.5) is 0 Å². The minimum Gasteiger partial charge on any atom is -0.497 e. The first-order valence-corrected chi connectivity index (χ1v) is 11.3. The molecule has 30 heavy (non-hydrogen) atoms. The summed E-state index contributed by atoms with van der Waals surface area (Å²) in [6, 6.07) is 14.2. The molecule has 7 nitrogen and oxygen atoms in total. The summed E-state index contributed by atoms with van der Waals surface area (Å²) in [6.07, 6.45) is 0. The van der Waals surface area contributed by atoms with Gasteiger partial charge in [-0.25, -0.2) is 8.42 Å². The molecule has 1 aromatic heterocycles. The molecule has 3 aromatic rings. The summed E-state index contributed by atoms with van der Waals surface area (Å²) in [5.41, 5.74) is 2.18. The lowest BCUT2D eigenvalue weighted by Gasteiger charge is -2.18. The van der Waals surface area contributed by atoms with Gasteiger partial charge >= 0.3 is 0 Å². The van der Waals surface area contributed by atoms with E-state index in [1.165, 1.54) is 4.31 Å². The van der Waals surface area contributed by atoms with Gasteiger partial charge in [-0.15, -0.1) is 0 Å². The number of aryl methyl sites for hydroxylation is 1. The number of methoxy groups -OCH3 is 1. The second-order valence-corrected chi connectivity index (χ2v) is 8.87. The lowest BCUT2D eigenvalue weighted by Crippen LogP contribution is -2.30. The molecule has 8 heteroatoms. The van der Waals surface area contributed by atoms with Crippen LogP contribution >= 0.6 is 0 Å². The third kappa shape index (κ3) is 4.20. The van der Waals surface area contributed by atoms with Gasteiger partial charge in [0.2, 0.25) is 10.0 Å². The van der Waals surface area contributed by atoms with E-state index in [0.717, 1.165) is 16.8 Å². The topological polar surface area (TPSA) is 80.6 Å². The Hall–Kier alpha value is -2.84. The number of rotatable bonds is 8. The molecule has 0 aliphatic carbocycles. The molecule has 0 saturated heterocycles. The highest BCUT2D eigenvalue weighted by Crippen LogP contribution is 2.24. The van der Waals surface area contributed by atoms with Gasteiger partial charge in [-0.2, -0.15) is 4.31 Å². The lowest BCUT2D eigenvalue weighted by molar-refractivity contribution is 0.0943. The maximum atomic E-state index is 12.8. The normalized spacial score (nSPS) is 11.8. The summed E-state index contributed by atoms with van der Waals surface area (Å²) in [5.74, 6) is 0.498. The summed E-state index contributed by atoms with van der Waals surface area (Å²) < 4.78 is 34.0. The Morgan fingerprint density at radius 1 is 1.10 bits per heavy atom. The van der Waals surface area contributed by atoms with E-state index in [1.807, 2.05) is 38.1 Å². The molecule has 0 aliphatic heterocycles. The number of aromatic nitrogens is 1. The predicted octanol–water partition coefficient (Wildman–Crippen LogP) is 3.15. The fraction of sp³-hybridized carbons (Fsp3) is 0.318. The van der Waals surface area contributed by atoms with E-state index >= 15 is 0 Å². The van der Waals surface area contributed by atoms with Crippen molar-refractivity contribution in [2.24, 2.45) is 7.05 Å². The number of hydrogen-bond acceptors (Lipinski definition) is 4. The van der Waals surface area contributed by atoms with Gasteiger partial charge in [-0.1, -0.05) is 26.0 Å². The minimum absolute atomic E-state index is 0.229. The van der Waals surface area contributed by atoms with Crippen molar-refractivity contribution < 1.29 is 17.9 Å². The minimum atomic E-state index is -3.56. The Kier molecular flexibility index (Phi) is 6.48. The molecular formula is C22H27N3O4S. The lowest BCUT2D eigenvalue weighted by atomic mass is 10.2. The first-order valence-electron chi connectivity index (χ1n) is 9.82. The maximum absolute atomic E-state index is 12.8. The van der Waals surface area contributed by atoms with Crippen molar-refractivity contribution in [1.29, 1.82) is 0 Å². The monoisotopic (exact) mass is 429 g/mol. The Bertz CT molecular complexity index is 1160. The highest BCUT2D eigenvalue weighted by molar-refractivity contribution is 7.89. The van der Waals surface area contributed by atoms with Crippen molar-refractivity contribution in [2.75, 3.05) is 20.2 Å². The first kappa shape index (κ1) is 21.9. The molecule has 0 atom stereocenters. The number of ether oxygens (including phenoxy) is 1. The van der Waals surface area contributed by atoms with Crippen LogP contribution in [0.25, 0.3) is 10.9 Å². The van der Waals surface area contributed by atoms with Crippen LogP contribution in [0.15, 0.2) is 53.4 Å². The number of nitrogens with one attached hydrogen (secondary N) is 1. The van der Waals surface area contributed by atoms with E-state index in [2.05, 4.69) is 5.32 Å². The van der Waals surface area contributed by atoms with Gasteiger partial charge < -0.3 is 14.6 Å². The number of sulfonamides is 1.